The Hall–Kier alpha value is -2.90. The average Bonchev–Trinajstić information content (AvgIpc) is 2.63. The van der Waals surface area contributed by atoms with Gasteiger partial charge in [0.25, 0.3) is 0 Å². The van der Waals surface area contributed by atoms with Gasteiger partial charge in [0.1, 0.15) is 12.3 Å². The fraction of sp³-hybridized carbons (Fsp3) is 0.444. The normalized spacial score (nSPS) is 12.5. The van der Waals surface area contributed by atoms with Crippen molar-refractivity contribution >= 4 is 24.1 Å². The number of aliphatic imine (C=N–C) groups is 1. The van der Waals surface area contributed by atoms with E-state index in [-0.39, 0.29) is 18.3 Å². The van der Waals surface area contributed by atoms with Crippen LogP contribution in [-0.2, 0) is 20.8 Å². The average molecular weight is 361 g/mol. The molecule has 2 unspecified atom stereocenters. The van der Waals surface area contributed by atoms with Gasteiger partial charge >= 0.3 is 0 Å². The van der Waals surface area contributed by atoms with Crippen LogP contribution in [0.4, 0.5) is 0 Å². The van der Waals surface area contributed by atoms with Crippen molar-refractivity contribution in [2.24, 2.45) is 16.5 Å². The summed E-state index contributed by atoms with van der Waals surface area (Å²) in [4.78, 5) is 39.4. The Bertz CT molecular complexity index is 615. The third kappa shape index (κ3) is 8.27. The molecule has 0 aliphatic rings. The first kappa shape index (κ1) is 21.1. The van der Waals surface area contributed by atoms with Crippen LogP contribution < -0.4 is 22.1 Å². The number of guanidine groups is 1. The molecule has 6 N–H and O–H groups in total. The van der Waals surface area contributed by atoms with Gasteiger partial charge < -0.3 is 26.9 Å². The molecule has 0 radical (unpaired) electrons. The van der Waals surface area contributed by atoms with Crippen LogP contribution in [0.1, 0.15) is 31.7 Å². The summed E-state index contributed by atoms with van der Waals surface area (Å²) < 4.78 is 0. The molecule has 0 aliphatic heterocycles. The lowest BCUT2D eigenvalue weighted by Crippen LogP contribution is -2.51. The Morgan fingerprint density at radius 2 is 1.88 bits per heavy atom. The third-order valence-electron chi connectivity index (χ3n) is 3.72. The lowest BCUT2D eigenvalue weighted by Gasteiger charge is -2.21. The van der Waals surface area contributed by atoms with Crippen molar-refractivity contribution in [3.05, 3.63) is 35.9 Å². The molecule has 0 aliphatic carbocycles. The van der Waals surface area contributed by atoms with Gasteiger partial charge in [-0.05, 0) is 18.4 Å². The van der Waals surface area contributed by atoms with E-state index >= 15 is 0 Å². The fourth-order valence-electron chi connectivity index (χ4n) is 2.33. The molecule has 0 bridgehead atoms. The van der Waals surface area contributed by atoms with E-state index in [9.17, 15) is 14.4 Å². The summed E-state index contributed by atoms with van der Waals surface area (Å²) in [6, 6.07) is 7.96. The number of nitrogens with two attached hydrogens (primary N) is 2. The summed E-state index contributed by atoms with van der Waals surface area (Å²) in [7, 11) is 0. The van der Waals surface area contributed by atoms with Crippen molar-refractivity contribution in [1.29, 1.82) is 0 Å². The molecule has 1 aromatic carbocycles. The van der Waals surface area contributed by atoms with Gasteiger partial charge in [-0.2, -0.15) is 0 Å². The summed E-state index contributed by atoms with van der Waals surface area (Å²) in [5, 5.41) is 5.38. The summed E-state index contributed by atoms with van der Waals surface area (Å²) in [6.45, 7) is 2.09. The van der Waals surface area contributed by atoms with Crippen molar-refractivity contribution in [2.45, 2.75) is 44.7 Å². The van der Waals surface area contributed by atoms with Gasteiger partial charge in [0, 0.05) is 19.4 Å². The molecule has 8 nitrogen and oxygen atoms in total. The Labute approximate surface area is 153 Å². The van der Waals surface area contributed by atoms with E-state index < -0.39 is 18.0 Å². The second kappa shape index (κ2) is 11.6. The van der Waals surface area contributed by atoms with Crippen LogP contribution in [0.5, 0.6) is 0 Å². The minimum absolute atomic E-state index is 0.0121. The monoisotopic (exact) mass is 361 g/mol. The Kier molecular flexibility index (Phi) is 9.45. The molecule has 142 valence electrons. The van der Waals surface area contributed by atoms with Crippen molar-refractivity contribution in [3.63, 3.8) is 0 Å². The standard InChI is InChI=1S/C18H27N5O3/c1-2-16(25)23-15(11-13-7-4-3-5-8-13)17(26)22-14(12-24)9-6-10-21-18(19)20/h3-5,7-8,12,14-15H,2,6,9-11H2,1H3,(H,22,26)(H,23,25)(H4,19,20,21). The molecule has 0 aromatic heterocycles. The Morgan fingerprint density at radius 1 is 1.19 bits per heavy atom. The van der Waals surface area contributed by atoms with Crippen molar-refractivity contribution in [1.82, 2.24) is 10.6 Å². The highest BCUT2D eigenvalue weighted by molar-refractivity contribution is 5.89. The number of hydrogen-bond donors (Lipinski definition) is 4. The van der Waals surface area contributed by atoms with Crippen LogP contribution in [-0.4, -0.2) is 42.7 Å². The Morgan fingerprint density at radius 3 is 2.46 bits per heavy atom. The van der Waals surface area contributed by atoms with E-state index in [1.54, 1.807) is 6.92 Å². The molecule has 0 saturated heterocycles. The van der Waals surface area contributed by atoms with Gasteiger partial charge in [-0.25, -0.2) is 0 Å². The molecular formula is C18H27N5O3. The van der Waals surface area contributed by atoms with Gasteiger partial charge in [0.2, 0.25) is 11.8 Å². The van der Waals surface area contributed by atoms with E-state index in [2.05, 4.69) is 15.6 Å². The maximum Gasteiger partial charge on any atom is 0.243 e. The predicted molar refractivity (Wildman–Crippen MR) is 100 cm³/mol. The highest BCUT2D eigenvalue weighted by atomic mass is 16.2. The topological polar surface area (TPSA) is 140 Å². The molecule has 0 saturated carbocycles. The SMILES string of the molecule is CCC(=O)NC(Cc1ccccc1)C(=O)NC(C=O)CCCN=C(N)N. The van der Waals surface area contributed by atoms with Crippen LogP contribution in [0.3, 0.4) is 0 Å². The first-order valence-electron chi connectivity index (χ1n) is 8.60. The summed E-state index contributed by atoms with van der Waals surface area (Å²) in [5.41, 5.74) is 11.4. The number of nitrogens with one attached hydrogen (secondary N) is 2. The zero-order valence-electron chi connectivity index (χ0n) is 15.0. The fourth-order valence-corrected chi connectivity index (χ4v) is 2.33. The largest absolute Gasteiger partial charge is 0.370 e. The number of rotatable bonds is 11. The summed E-state index contributed by atoms with van der Waals surface area (Å²) in [6.07, 6.45) is 2.25. The molecule has 8 heteroatoms. The first-order chi connectivity index (χ1) is 12.5. The highest BCUT2D eigenvalue weighted by Gasteiger charge is 2.23. The Balaban J connectivity index is 2.68. The lowest BCUT2D eigenvalue weighted by molar-refractivity contribution is -0.130. The maximum atomic E-state index is 12.6. The van der Waals surface area contributed by atoms with E-state index in [1.807, 2.05) is 30.3 Å². The minimum atomic E-state index is -0.745. The van der Waals surface area contributed by atoms with Crippen molar-refractivity contribution in [2.75, 3.05) is 6.54 Å². The maximum absolute atomic E-state index is 12.6. The zero-order chi connectivity index (χ0) is 19.4. The first-order valence-corrected chi connectivity index (χ1v) is 8.60. The molecule has 0 heterocycles. The molecule has 0 spiro atoms. The van der Waals surface area contributed by atoms with Gasteiger partial charge in [-0.1, -0.05) is 37.3 Å². The summed E-state index contributed by atoms with van der Waals surface area (Å²) in [5.74, 6) is -0.632. The van der Waals surface area contributed by atoms with E-state index in [0.717, 1.165) is 5.56 Å². The van der Waals surface area contributed by atoms with E-state index in [1.165, 1.54) is 0 Å². The second-order valence-electron chi connectivity index (χ2n) is 5.86. The molecule has 1 aromatic rings. The van der Waals surface area contributed by atoms with E-state index in [0.29, 0.717) is 32.1 Å². The van der Waals surface area contributed by atoms with Crippen molar-refractivity contribution < 1.29 is 14.4 Å². The molecule has 1 rings (SSSR count). The number of nitrogens with zero attached hydrogens (tertiary/aromatic N) is 1. The summed E-state index contributed by atoms with van der Waals surface area (Å²) >= 11 is 0. The van der Waals surface area contributed by atoms with Gasteiger partial charge in [0.15, 0.2) is 5.96 Å². The number of hydrogen-bond acceptors (Lipinski definition) is 4. The predicted octanol–water partition coefficient (Wildman–Crippen LogP) is -0.139. The molecule has 26 heavy (non-hydrogen) atoms. The number of carbonyl (C=O) groups excluding carboxylic acids is 3. The van der Waals surface area contributed by atoms with Crippen molar-refractivity contribution in [3.8, 4) is 0 Å². The third-order valence-corrected chi connectivity index (χ3v) is 3.72. The highest BCUT2D eigenvalue weighted by Crippen LogP contribution is 2.05. The number of benzene rings is 1. The molecular weight excluding hydrogens is 334 g/mol. The van der Waals surface area contributed by atoms with Crippen LogP contribution in [0.25, 0.3) is 0 Å². The van der Waals surface area contributed by atoms with E-state index in [4.69, 9.17) is 11.5 Å². The molecule has 2 amide bonds. The quantitative estimate of drug-likeness (QED) is 0.188. The van der Waals surface area contributed by atoms with Crippen LogP contribution >= 0.6 is 0 Å². The minimum Gasteiger partial charge on any atom is -0.370 e. The zero-order valence-corrected chi connectivity index (χ0v) is 15.0. The molecule has 0 fully saturated rings. The number of carbonyl (C=O) groups is 3. The lowest BCUT2D eigenvalue weighted by atomic mass is 10.0. The van der Waals surface area contributed by atoms with Crippen LogP contribution in [0.15, 0.2) is 35.3 Å². The number of aldehydes is 1. The van der Waals surface area contributed by atoms with Crippen LogP contribution in [0, 0.1) is 0 Å². The number of amides is 2. The van der Waals surface area contributed by atoms with Gasteiger partial charge in [0.05, 0.1) is 6.04 Å². The van der Waals surface area contributed by atoms with Crippen LogP contribution in [0.2, 0.25) is 0 Å². The van der Waals surface area contributed by atoms with Gasteiger partial charge in [-0.15, -0.1) is 0 Å². The smallest absolute Gasteiger partial charge is 0.243 e. The molecule has 2 atom stereocenters. The van der Waals surface area contributed by atoms with Gasteiger partial charge in [-0.3, -0.25) is 14.6 Å². The second-order valence-corrected chi connectivity index (χ2v) is 5.86.